The van der Waals surface area contributed by atoms with Crippen LogP contribution in [0.5, 0.6) is 0 Å². The van der Waals surface area contributed by atoms with Crippen molar-refractivity contribution in [1.82, 2.24) is 4.72 Å². The highest BCUT2D eigenvalue weighted by Gasteiger charge is 2.15. The Hall–Kier alpha value is -1.92. The zero-order valence-corrected chi connectivity index (χ0v) is 11.8. The van der Waals surface area contributed by atoms with Gasteiger partial charge in [0.15, 0.2) is 5.78 Å². The standard InChI is InChI=1S/C14H15NO4S/c1-2-14(16)12-4-3-5-13(8-12)20(17,18)15-9-11-6-7-19-10-11/h3-8,10,15H,2,9H2,1H3. The number of rotatable bonds is 6. The summed E-state index contributed by atoms with van der Waals surface area (Å²) in [6.45, 7) is 1.88. The molecule has 6 heteroatoms. The van der Waals surface area contributed by atoms with E-state index in [-0.39, 0.29) is 17.2 Å². The van der Waals surface area contributed by atoms with Gasteiger partial charge in [0.05, 0.1) is 17.4 Å². The second-order valence-electron chi connectivity index (χ2n) is 4.26. The first kappa shape index (κ1) is 14.5. The maximum absolute atomic E-state index is 12.1. The van der Waals surface area contributed by atoms with Gasteiger partial charge < -0.3 is 4.42 Å². The number of sulfonamides is 1. The quantitative estimate of drug-likeness (QED) is 0.829. The van der Waals surface area contributed by atoms with E-state index in [1.165, 1.54) is 24.7 Å². The summed E-state index contributed by atoms with van der Waals surface area (Å²) in [4.78, 5) is 11.7. The number of hydrogen-bond acceptors (Lipinski definition) is 4. The van der Waals surface area contributed by atoms with Gasteiger partial charge in [0.2, 0.25) is 10.0 Å². The molecule has 0 saturated heterocycles. The summed E-state index contributed by atoms with van der Waals surface area (Å²) in [6.07, 6.45) is 3.29. The lowest BCUT2D eigenvalue weighted by Crippen LogP contribution is -2.23. The van der Waals surface area contributed by atoms with Crippen LogP contribution >= 0.6 is 0 Å². The maximum Gasteiger partial charge on any atom is 0.240 e. The van der Waals surface area contributed by atoms with Crippen molar-refractivity contribution >= 4 is 15.8 Å². The lowest BCUT2D eigenvalue weighted by molar-refractivity contribution is 0.0988. The third-order valence-electron chi connectivity index (χ3n) is 2.83. The van der Waals surface area contributed by atoms with Gasteiger partial charge in [0, 0.05) is 24.1 Å². The van der Waals surface area contributed by atoms with Gasteiger partial charge in [-0.2, -0.15) is 0 Å². The van der Waals surface area contributed by atoms with Crippen LogP contribution in [0.15, 0.2) is 52.2 Å². The van der Waals surface area contributed by atoms with E-state index in [9.17, 15) is 13.2 Å². The monoisotopic (exact) mass is 293 g/mol. The van der Waals surface area contributed by atoms with Crippen LogP contribution in [-0.4, -0.2) is 14.2 Å². The SMILES string of the molecule is CCC(=O)c1cccc(S(=O)(=O)NCc2ccoc2)c1. The molecule has 20 heavy (non-hydrogen) atoms. The number of carbonyl (C=O) groups excluding carboxylic acids is 1. The van der Waals surface area contributed by atoms with E-state index in [4.69, 9.17) is 4.42 Å². The van der Waals surface area contributed by atoms with Crippen LogP contribution in [0.2, 0.25) is 0 Å². The minimum Gasteiger partial charge on any atom is -0.472 e. The van der Waals surface area contributed by atoms with Gasteiger partial charge >= 0.3 is 0 Å². The lowest BCUT2D eigenvalue weighted by Gasteiger charge is -2.07. The molecule has 0 saturated carbocycles. The number of benzene rings is 1. The lowest BCUT2D eigenvalue weighted by atomic mass is 10.1. The molecule has 0 aliphatic heterocycles. The fourth-order valence-electron chi connectivity index (χ4n) is 1.70. The van der Waals surface area contributed by atoms with Crippen molar-refractivity contribution in [2.45, 2.75) is 24.8 Å². The smallest absolute Gasteiger partial charge is 0.240 e. The average Bonchev–Trinajstić information content (AvgIpc) is 2.98. The molecule has 0 amide bonds. The molecule has 5 nitrogen and oxygen atoms in total. The summed E-state index contributed by atoms with van der Waals surface area (Å²) < 4.78 is 31.6. The Labute approximate surface area is 117 Å². The normalized spacial score (nSPS) is 11.4. The van der Waals surface area contributed by atoms with E-state index in [0.717, 1.165) is 5.56 Å². The first-order valence-electron chi connectivity index (χ1n) is 6.17. The molecular formula is C14H15NO4S. The number of hydrogen-bond donors (Lipinski definition) is 1. The van der Waals surface area contributed by atoms with Gasteiger partial charge in [-0.1, -0.05) is 19.1 Å². The van der Waals surface area contributed by atoms with Gasteiger partial charge in [-0.3, -0.25) is 4.79 Å². The van der Waals surface area contributed by atoms with E-state index in [2.05, 4.69) is 4.72 Å². The molecule has 106 valence electrons. The molecule has 2 aromatic rings. The van der Waals surface area contributed by atoms with Crippen LogP contribution in [-0.2, 0) is 16.6 Å². The molecule has 0 bridgehead atoms. The summed E-state index contributed by atoms with van der Waals surface area (Å²) in [6, 6.07) is 7.71. The number of furan rings is 1. The fraction of sp³-hybridized carbons (Fsp3) is 0.214. The zero-order valence-electron chi connectivity index (χ0n) is 11.0. The van der Waals surface area contributed by atoms with Crippen LogP contribution in [0.1, 0.15) is 29.3 Å². The maximum atomic E-state index is 12.1. The Morgan fingerprint density at radius 3 is 2.75 bits per heavy atom. The van der Waals surface area contributed by atoms with Crippen molar-refractivity contribution < 1.29 is 17.6 Å². The first-order chi connectivity index (χ1) is 9.53. The van der Waals surface area contributed by atoms with E-state index in [1.807, 2.05) is 0 Å². The van der Waals surface area contributed by atoms with Crippen molar-refractivity contribution in [3.05, 3.63) is 54.0 Å². The molecule has 2 rings (SSSR count). The van der Waals surface area contributed by atoms with Crippen LogP contribution < -0.4 is 4.72 Å². The molecule has 1 aromatic carbocycles. The Balaban J connectivity index is 2.18. The van der Waals surface area contributed by atoms with Gasteiger partial charge in [0.25, 0.3) is 0 Å². The van der Waals surface area contributed by atoms with E-state index in [1.54, 1.807) is 25.1 Å². The number of Topliss-reactive ketones (excluding diaryl/α,β-unsaturated/α-hetero) is 1. The highest BCUT2D eigenvalue weighted by molar-refractivity contribution is 7.89. The molecule has 0 fully saturated rings. The molecule has 1 aromatic heterocycles. The summed E-state index contributed by atoms with van der Waals surface area (Å²) in [5.41, 5.74) is 1.13. The molecule has 0 unspecified atom stereocenters. The summed E-state index contributed by atoms with van der Waals surface area (Å²) in [5.74, 6) is -0.0862. The highest BCUT2D eigenvalue weighted by atomic mass is 32.2. The fourth-order valence-corrected chi connectivity index (χ4v) is 2.76. The molecule has 0 atom stereocenters. The molecule has 0 aliphatic rings. The second kappa shape index (κ2) is 6.02. The van der Waals surface area contributed by atoms with Crippen LogP contribution in [0.25, 0.3) is 0 Å². The van der Waals surface area contributed by atoms with Crippen molar-refractivity contribution in [3.63, 3.8) is 0 Å². The Morgan fingerprint density at radius 1 is 1.30 bits per heavy atom. The number of ketones is 1. The van der Waals surface area contributed by atoms with Crippen LogP contribution in [0.3, 0.4) is 0 Å². The number of nitrogens with one attached hydrogen (secondary N) is 1. The second-order valence-corrected chi connectivity index (χ2v) is 6.03. The largest absolute Gasteiger partial charge is 0.472 e. The molecule has 0 radical (unpaired) electrons. The topological polar surface area (TPSA) is 76.4 Å². The van der Waals surface area contributed by atoms with Crippen molar-refractivity contribution in [2.24, 2.45) is 0 Å². The minimum absolute atomic E-state index is 0.0836. The van der Waals surface area contributed by atoms with Crippen molar-refractivity contribution in [2.75, 3.05) is 0 Å². The Bertz CT molecular complexity index is 690. The Morgan fingerprint density at radius 2 is 2.10 bits per heavy atom. The summed E-state index contributed by atoms with van der Waals surface area (Å²) in [7, 11) is -3.64. The van der Waals surface area contributed by atoms with Crippen LogP contribution in [0, 0.1) is 0 Å². The molecule has 1 heterocycles. The molecule has 1 N–H and O–H groups in total. The van der Waals surface area contributed by atoms with Crippen LogP contribution in [0.4, 0.5) is 0 Å². The third-order valence-corrected chi connectivity index (χ3v) is 4.23. The minimum atomic E-state index is -3.64. The summed E-state index contributed by atoms with van der Waals surface area (Å²) >= 11 is 0. The number of carbonyl (C=O) groups is 1. The first-order valence-corrected chi connectivity index (χ1v) is 7.65. The van der Waals surface area contributed by atoms with Crippen molar-refractivity contribution in [3.8, 4) is 0 Å². The highest BCUT2D eigenvalue weighted by Crippen LogP contribution is 2.13. The Kier molecular flexibility index (Phi) is 4.36. The van der Waals surface area contributed by atoms with Gasteiger partial charge in [0.1, 0.15) is 0 Å². The molecular weight excluding hydrogens is 278 g/mol. The third kappa shape index (κ3) is 3.34. The predicted octanol–water partition coefficient (Wildman–Crippen LogP) is 2.35. The summed E-state index contributed by atoms with van der Waals surface area (Å²) in [5, 5.41) is 0. The average molecular weight is 293 g/mol. The molecule has 0 aliphatic carbocycles. The van der Waals surface area contributed by atoms with E-state index in [0.29, 0.717) is 12.0 Å². The zero-order chi connectivity index (χ0) is 14.6. The molecule has 0 spiro atoms. The van der Waals surface area contributed by atoms with Crippen molar-refractivity contribution in [1.29, 1.82) is 0 Å². The predicted molar refractivity (Wildman–Crippen MR) is 73.8 cm³/mol. The van der Waals surface area contributed by atoms with E-state index >= 15 is 0 Å². The van der Waals surface area contributed by atoms with Gasteiger partial charge in [-0.05, 0) is 18.2 Å². The van der Waals surface area contributed by atoms with E-state index < -0.39 is 10.0 Å². The van der Waals surface area contributed by atoms with Gasteiger partial charge in [-0.15, -0.1) is 0 Å². The van der Waals surface area contributed by atoms with Gasteiger partial charge in [-0.25, -0.2) is 13.1 Å².